The van der Waals surface area contributed by atoms with Gasteiger partial charge in [0.25, 0.3) is 5.56 Å². The van der Waals surface area contributed by atoms with Crippen molar-refractivity contribution in [3.8, 4) is 16.8 Å². The van der Waals surface area contributed by atoms with E-state index in [0.29, 0.717) is 23.2 Å². The van der Waals surface area contributed by atoms with Crippen molar-refractivity contribution >= 4 is 17.0 Å². The highest BCUT2D eigenvalue weighted by molar-refractivity contribution is 5.89. The lowest BCUT2D eigenvalue weighted by Crippen LogP contribution is -2.49. The summed E-state index contributed by atoms with van der Waals surface area (Å²) in [5, 5.41) is 10.8. The van der Waals surface area contributed by atoms with Gasteiger partial charge in [-0.15, -0.1) is 0 Å². The molecule has 1 fully saturated rings. The molecule has 1 aromatic carbocycles. The molecule has 2 bridgehead atoms. The first-order valence-electron chi connectivity index (χ1n) is 12.0. The number of fused-ring (bicyclic) bond motifs is 6. The summed E-state index contributed by atoms with van der Waals surface area (Å²) in [6.45, 7) is 0. The fraction of sp³-hybridized carbons (Fsp3) is 0.296. The maximum Gasteiger partial charge on any atom is 0.433 e. The van der Waals surface area contributed by atoms with Crippen LogP contribution >= 0.6 is 0 Å². The number of halogens is 3. The lowest BCUT2D eigenvalue weighted by Gasteiger charge is -2.44. The zero-order valence-corrected chi connectivity index (χ0v) is 19.9. The zero-order valence-electron chi connectivity index (χ0n) is 19.9. The molecule has 0 aliphatic carbocycles. The van der Waals surface area contributed by atoms with E-state index in [9.17, 15) is 27.9 Å². The fourth-order valence-corrected chi connectivity index (χ4v) is 5.96. The Labute approximate surface area is 209 Å². The van der Waals surface area contributed by atoms with Crippen LogP contribution in [0.15, 0.2) is 59.7 Å². The Morgan fingerprint density at radius 3 is 2.57 bits per heavy atom. The van der Waals surface area contributed by atoms with Crippen LogP contribution in [0.5, 0.6) is 0 Å². The van der Waals surface area contributed by atoms with Crippen LogP contribution in [0.1, 0.15) is 42.3 Å². The normalized spacial score (nSPS) is 19.2. The van der Waals surface area contributed by atoms with Crippen LogP contribution in [0.25, 0.3) is 27.7 Å². The second kappa shape index (κ2) is 8.22. The van der Waals surface area contributed by atoms with E-state index in [1.165, 1.54) is 16.7 Å². The molecule has 1 N–H and O–H groups in total. The Hall–Kier alpha value is -4.08. The number of benzene rings is 1. The molecule has 37 heavy (non-hydrogen) atoms. The van der Waals surface area contributed by atoms with Crippen molar-refractivity contribution in [2.24, 2.45) is 7.05 Å². The van der Waals surface area contributed by atoms with Crippen LogP contribution < -0.4 is 5.56 Å². The van der Waals surface area contributed by atoms with Crippen molar-refractivity contribution in [1.82, 2.24) is 19.0 Å². The predicted molar refractivity (Wildman–Crippen MR) is 131 cm³/mol. The summed E-state index contributed by atoms with van der Waals surface area (Å²) >= 11 is 0. The van der Waals surface area contributed by atoms with Crippen molar-refractivity contribution < 1.29 is 23.1 Å². The van der Waals surface area contributed by atoms with E-state index in [1.54, 1.807) is 17.2 Å². The van der Waals surface area contributed by atoms with Gasteiger partial charge in [-0.2, -0.15) is 13.2 Å². The number of hydrogen-bond donors (Lipinski definition) is 1. The molecule has 0 saturated carbocycles. The number of hydrogen-bond acceptors (Lipinski definition) is 3. The number of carbonyl (C=O) groups is 1. The minimum atomic E-state index is -4.53. The summed E-state index contributed by atoms with van der Waals surface area (Å²) in [6.07, 6.45) is 0.585. The highest BCUT2D eigenvalue weighted by Crippen LogP contribution is 2.46. The molecule has 2 aliphatic heterocycles. The fourth-order valence-electron chi connectivity index (χ4n) is 5.96. The van der Waals surface area contributed by atoms with Crippen molar-refractivity contribution in [2.75, 3.05) is 0 Å². The molecule has 3 aromatic heterocycles. The molecule has 190 valence electrons. The van der Waals surface area contributed by atoms with Gasteiger partial charge in [0.2, 0.25) is 0 Å². The summed E-state index contributed by atoms with van der Waals surface area (Å²) < 4.78 is 42.0. The van der Waals surface area contributed by atoms with Crippen LogP contribution in [0.3, 0.4) is 0 Å². The minimum Gasteiger partial charge on any atom is -0.465 e. The molecule has 2 aliphatic rings. The Balaban J connectivity index is 1.38. The van der Waals surface area contributed by atoms with Crippen molar-refractivity contribution in [3.05, 3.63) is 82.2 Å². The first kappa shape index (κ1) is 23.3. The van der Waals surface area contributed by atoms with Gasteiger partial charge in [0.1, 0.15) is 5.69 Å². The van der Waals surface area contributed by atoms with E-state index in [2.05, 4.69) is 9.55 Å². The number of rotatable bonds is 2. The SMILES string of the molecule is Cn1c2c(c3ccc(-n4ccc(-c5ccc(C(F)(F)F)nc5)cc4=O)cc31)C1CCCC(C2)N1C(=O)O. The molecule has 1 saturated heterocycles. The van der Waals surface area contributed by atoms with Gasteiger partial charge >= 0.3 is 12.3 Å². The molecular formula is C27H23F3N4O3. The summed E-state index contributed by atoms with van der Waals surface area (Å²) in [7, 11) is 1.97. The van der Waals surface area contributed by atoms with Gasteiger partial charge in [-0.25, -0.2) is 4.79 Å². The predicted octanol–water partition coefficient (Wildman–Crippen LogP) is 5.54. The molecule has 10 heteroatoms. The monoisotopic (exact) mass is 508 g/mol. The van der Waals surface area contributed by atoms with Gasteiger partial charge in [0, 0.05) is 60.2 Å². The van der Waals surface area contributed by atoms with Gasteiger partial charge < -0.3 is 9.67 Å². The first-order chi connectivity index (χ1) is 17.6. The first-order valence-corrected chi connectivity index (χ1v) is 12.0. The molecule has 0 spiro atoms. The highest BCUT2D eigenvalue weighted by Gasteiger charge is 2.42. The average Bonchev–Trinajstić information content (AvgIpc) is 3.14. The molecule has 6 rings (SSSR count). The lowest BCUT2D eigenvalue weighted by molar-refractivity contribution is -0.141. The molecule has 5 heterocycles. The van der Waals surface area contributed by atoms with Crippen LogP contribution in [-0.2, 0) is 19.6 Å². The third kappa shape index (κ3) is 3.70. The molecular weight excluding hydrogens is 485 g/mol. The van der Waals surface area contributed by atoms with Crippen LogP contribution in [0.2, 0.25) is 0 Å². The molecule has 7 nitrogen and oxygen atoms in total. The largest absolute Gasteiger partial charge is 0.465 e. The maximum atomic E-state index is 13.0. The number of nitrogens with zero attached hydrogens (tertiary/aromatic N) is 4. The Kier molecular flexibility index (Phi) is 5.18. The second-order valence-electron chi connectivity index (χ2n) is 9.67. The number of alkyl halides is 3. The van der Waals surface area contributed by atoms with Gasteiger partial charge in [-0.3, -0.25) is 19.2 Å². The van der Waals surface area contributed by atoms with Crippen LogP contribution in [0.4, 0.5) is 18.0 Å². The van der Waals surface area contributed by atoms with Crippen LogP contribution in [-0.4, -0.2) is 36.3 Å². The Morgan fingerprint density at radius 1 is 1.08 bits per heavy atom. The van der Waals surface area contributed by atoms with E-state index in [4.69, 9.17) is 0 Å². The third-order valence-corrected chi connectivity index (χ3v) is 7.66. The topological polar surface area (TPSA) is 80.4 Å². The molecule has 2 unspecified atom stereocenters. The lowest BCUT2D eigenvalue weighted by atomic mass is 9.82. The smallest absolute Gasteiger partial charge is 0.433 e. The number of amides is 1. The van der Waals surface area contributed by atoms with E-state index in [-0.39, 0.29) is 17.6 Å². The van der Waals surface area contributed by atoms with Crippen LogP contribution in [0, 0.1) is 0 Å². The molecule has 2 atom stereocenters. The standard InChI is InChI=1S/C27H23F3N4O3/c1-32-21-12-17(6-7-19(21)25-20-4-2-3-18(13-22(25)32)34(20)26(36)37)33-10-9-15(11-24(33)35)16-5-8-23(31-14-16)27(28,29)30/h5-12,14,18,20H,2-4,13H2,1H3,(H,36,37). The van der Waals surface area contributed by atoms with Crippen molar-refractivity contribution in [2.45, 2.75) is 43.9 Å². The van der Waals surface area contributed by atoms with Crippen molar-refractivity contribution in [1.29, 1.82) is 0 Å². The average molecular weight is 509 g/mol. The maximum absolute atomic E-state index is 13.0. The number of pyridine rings is 2. The summed E-state index contributed by atoms with van der Waals surface area (Å²) in [5.74, 6) is 0. The zero-order chi connectivity index (χ0) is 26.1. The highest BCUT2D eigenvalue weighted by atomic mass is 19.4. The number of aryl methyl sites for hydroxylation is 1. The third-order valence-electron chi connectivity index (χ3n) is 7.66. The van der Waals surface area contributed by atoms with E-state index in [1.807, 2.05) is 25.2 Å². The second-order valence-corrected chi connectivity index (χ2v) is 9.67. The Bertz CT molecular complexity index is 1600. The summed E-state index contributed by atoms with van der Waals surface area (Å²) in [4.78, 5) is 30.1. The minimum absolute atomic E-state index is 0.0268. The van der Waals surface area contributed by atoms with E-state index < -0.39 is 18.0 Å². The summed E-state index contributed by atoms with van der Waals surface area (Å²) in [5.41, 5.74) is 3.32. The number of piperidine rings is 1. The molecule has 0 radical (unpaired) electrons. The van der Waals surface area contributed by atoms with Gasteiger partial charge in [-0.05, 0) is 49.1 Å². The van der Waals surface area contributed by atoms with Gasteiger partial charge in [0.15, 0.2) is 0 Å². The van der Waals surface area contributed by atoms with E-state index in [0.717, 1.165) is 53.7 Å². The quantitative estimate of drug-likeness (QED) is 0.386. The van der Waals surface area contributed by atoms with Crippen molar-refractivity contribution in [3.63, 3.8) is 0 Å². The Morgan fingerprint density at radius 2 is 1.89 bits per heavy atom. The molecule has 4 aromatic rings. The van der Waals surface area contributed by atoms with Gasteiger partial charge in [0.05, 0.1) is 17.2 Å². The number of carboxylic acid groups (broad SMARTS) is 1. The summed E-state index contributed by atoms with van der Waals surface area (Å²) in [6, 6.07) is 10.7. The van der Waals surface area contributed by atoms with E-state index >= 15 is 0 Å². The number of aromatic nitrogens is 3. The van der Waals surface area contributed by atoms with Gasteiger partial charge in [-0.1, -0.05) is 12.1 Å². The molecule has 1 amide bonds.